The van der Waals surface area contributed by atoms with Gasteiger partial charge >= 0.3 is 5.97 Å². The lowest BCUT2D eigenvalue weighted by Gasteiger charge is -2.18. The number of carbonyl (C=O) groups is 1. The lowest BCUT2D eigenvalue weighted by molar-refractivity contribution is 0.0699. The van der Waals surface area contributed by atoms with Gasteiger partial charge in [0.25, 0.3) is 0 Å². The Morgan fingerprint density at radius 3 is 3.06 bits per heavy atom. The molecule has 1 aliphatic rings. The Morgan fingerprint density at radius 1 is 1.69 bits per heavy atom. The third kappa shape index (κ3) is 2.11. The third-order valence-corrected chi connectivity index (χ3v) is 4.08. The van der Waals surface area contributed by atoms with Gasteiger partial charge in [-0.15, -0.1) is 11.3 Å². The molecule has 1 atom stereocenters. The third-order valence-electron chi connectivity index (χ3n) is 2.88. The van der Waals surface area contributed by atoms with E-state index < -0.39 is 5.97 Å². The number of likely N-dealkylation sites (N-methyl/N-ethyl adjacent to an activating group) is 1. The van der Waals surface area contributed by atoms with Crippen molar-refractivity contribution in [3.05, 3.63) is 21.4 Å². The van der Waals surface area contributed by atoms with Crippen LogP contribution in [0.3, 0.4) is 0 Å². The Morgan fingerprint density at radius 2 is 2.44 bits per heavy atom. The number of rotatable bonds is 2. The van der Waals surface area contributed by atoms with E-state index in [1.165, 1.54) is 11.3 Å². The molecular weight excluding hydrogens is 226 g/mol. The monoisotopic (exact) mass is 241 g/mol. The first-order valence-electron chi connectivity index (χ1n) is 5.19. The van der Waals surface area contributed by atoms with E-state index >= 15 is 0 Å². The molecule has 0 bridgehead atoms. The summed E-state index contributed by atoms with van der Waals surface area (Å²) >= 11 is 1.37. The summed E-state index contributed by atoms with van der Waals surface area (Å²) in [6, 6.07) is 1.76. The summed E-state index contributed by atoms with van der Waals surface area (Å²) < 4.78 is 5.43. The van der Waals surface area contributed by atoms with Crippen molar-refractivity contribution in [3.63, 3.8) is 0 Å². The maximum atomic E-state index is 10.9. The second kappa shape index (κ2) is 4.53. The van der Waals surface area contributed by atoms with E-state index in [4.69, 9.17) is 9.84 Å². The summed E-state index contributed by atoms with van der Waals surface area (Å²) in [6.45, 7) is 1.77. The van der Waals surface area contributed by atoms with Gasteiger partial charge in [-0.25, -0.2) is 4.79 Å². The van der Waals surface area contributed by atoms with E-state index in [0.717, 1.165) is 30.0 Å². The molecule has 0 radical (unpaired) electrons. The SMILES string of the molecule is COC1CN(C)CCc2sc(C(=O)O)cc21. The Kier molecular flexibility index (Phi) is 3.28. The zero-order chi connectivity index (χ0) is 11.7. The van der Waals surface area contributed by atoms with Crippen molar-refractivity contribution in [3.8, 4) is 0 Å². The number of carboxylic acid groups (broad SMARTS) is 1. The lowest BCUT2D eigenvalue weighted by Crippen LogP contribution is -2.24. The van der Waals surface area contributed by atoms with Crippen molar-refractivity contribution in [2.45, 2.75) is 12.5 Å². The number of methoxy groups -OCH3 is 1. The summed E-state index contributed by atoms with van der Waals surface area (Å²) in [7, 11) is 3.73. The number of hydrogen-bond donors (Lipinski definition) is 1. The molecule has 0 aliphatic carbocycles. The highest BCUT2D eigenvalue weighted by Gasteiger charge is 2.24. The maximum Gasteiger partial charge on any atom is 0.345 e. The van der Waals surface area contributed by atoms with Crippen LogP contribution >= 0.6 is 11.3 Å². The van der Waals surface area contributed by atoms with Gasteiger partial charge in [0.1, 0.15) is 4.88 Å². The van der Waals surface area contributed by atoms with E-state index in [-0.39, 0.29) is 6.10 Å². The zero-order valence-electron chi connectivity index (χ0n) is 9.40. The molecule has 16 heavy (non-hydrogen) atoms. The molecule has 0 saturated carbocycles. The minimum absolute atomic E-state index is 0.00755. The number of hydrogen-bond acceptors (Lipinski definition) is 4. The average molecular weight is 241 g/mol. The summed E-state index contributed by atoms with van der Waals surface area (Å²) in [6.07, 6.45) is 0.899. The van der Waals surface area contributed by atoms with Gasteiger partial charge in [0.15, 0.2) is 0 Å². The van der Waals surface area contributed by atoms with Gasteiger partial charge in [-0.2, -0.15) is 0 Å². The minimum Gasteiger partial charge on any atom is -0.477 e. The fourth-order valence-electron chi connectivity index (χ4n) is 1.98. The van der Waals surface area contributed by atoms with Crippen LogP contribution in [-0.4, -0.2) is 43.2 Å². The molecule has 0 amide bonds. The van der Waals surface area contributed by atoms with Crippen molar-refractivity contribution < 1.29 is 14.6 Å². The number of fused-ring (bicyclic) bond motifs is 1. The fourth-order valence-corrected chi connectivity index (χ4v) is 3.02. The molecule has 0 aromatic carbocycles. The van der Waals surface area contributed by atoms with E-state index in [1.54, 1.807) is 13.2 Å². The average Bonchev–Trinajstić information content (AvgIpc) is 2.61. The minimum atomic E-state index is -0.846. The van der Waals surface area contributed by atoms with Crippen LogP contribution in [0.2, 0.25) is 0 Å². The first-order chi connectivity index (χ1) is 7.61. The Hall–Kier alpha value is -0.910. The van der Waals surface area contributed by atoms with E-state index in [0.29, 0.717) is 4.88 Å². The summed E-state index contributed by atoms with van der Waals surface area (Å²) in [5.74, 6) is -0.846. The van der Waals surface area contributed by atoms with Crippen molar-refractivity contribution in [2.75, 3.05) is 27.2 Å². The summed E-state index contributed by atoms with van der Waals surface area (Å²) in [5, 5.41) is 8.97. The van der Waals surface area contributed by atoms with Crippen LogP contribution in [0.4, 0.5) is 0 Å². The van der Waals surface area contributed by atoms with E-state index in [1.807, 2.05) is 0 Å². The highest BCUT2D eigenvalue weighted by atomic mass is 32.1. The van der Waals surface area contributed by atoms with Crippen LogP contribution in [0.1, 0.15) is 26.2 Å². The molecule has 5 heteroatoms. The van der Waals surface area contributed by atoms with Gasteiger partial charge < -0.3 is 14.7 Å². The molecule has 1 aromatic heterocycles. The van der Waals surface area contributed by atoms with Gasteiger partial charge in [0.2, 0.25) is 0 Å². The van der Waals surface area contributed by atoms with E-state index in [2.05, 4.69) is 11.9 Å². The molecule has 0 fully saturated rings. The van der Waals surface area contributed by atoms with Crippen molar-refractivity contribution in [1.29, 1.82) is 0 Å². The zero-order valence-corrected chi connectivity index (χ0v) is 10.2. The molecule has 88 valence electrons. The molecule has 1 unspecified atom stereocenters. The van der Waals surface area contributed by atoms with Crippen molar-refractivity contribution >= 4 is 17.3 Å². The molecule has 0 saturated heterocycles. The second-order valence-electron chi connectivity index (χ2n) is 4.03. The van der Waals surface area contributed by atoms with Gasteiger partial charge in [0.05, 0.1) is 6.10 Å². The van der Waals surface area contributed by atoms with Gasteiger partial charge in [0, 0.05) is 25.1 Å². The van der Waals surface area contributed by atoms with Crippen LogP contribution in [0, 0.1) is 0 Å². The molecule has 0 spiro atoms. The Balaban J connectivity index is 2.36. The van der Waals surface area contributed by atoms with Gasteiger partial charge in [-0.1, -0.05) is 0 Å². The molecular formula is C11H15NO3S. The Labute approximate surface area is 98.4 Å². The summed E-state index contributed by atoms with van der Waals surface area (Å²) in [4.78, 5) is 14.7. The van der Waals surface area contributed by atoms with Crippen LogP contribution < -0.4 is 0 Å². The highest BCUT2D eigenvalue weighted by molar-refractivity contribution is 7.14. The van der Waals surface area contributed by atoms with Crippen molar-refractivity contribution in [2.24, 2.45) is 0 Å². The standard InChI is InChI=1S/C11H15NO3S/c1-12-4-3-9-7(8(6-12)15-2)5-10(16-9)11(13)14/h5,8H,3-4,6H2,1-2H3,(H,13,14). The fraction of sp³-hybridized carbons (Fsp3) is 0.545. The largest absolute Gasteiger partial charge is 0.477 e. The van der Waals surface area contributed by atoms with E-state index in [9.17, 15) is 4.79 Å². The molecule has 1 aromatic rings. The number of ether oxygens (including phenoxy) is 1. The number of carboxylic acids is 1. The quantitative estimate of drug-likeness (QED) is 0.855. The predicted octanol–water partition coefficient (Wildman–Crippen LogP) is 1.62. The van der Waals surface area contributed by atoms with Crippen LogP contribution in [0.25, 0.3) is 0 Å². The first kappa shape index (κ1) is 11.6. The molecule has 1 N–H and O–H groups in total. The molecule has 2 rings (SSSR count). The topological polar surface area (TPSA) is 49.8 Å². The highest BCUT2D eigenvalue weighted by Crippen LogP contribution is 2.32. The normalized spacial score (nSPS) is 21.5. The number of thiophene rings is 1. The molecule has 1 aliphatic heterocycles. The maximum absolute atomic E-state index is 10.9. The Bertz CT molecular complexity index is 402. The first-order valence-corrected chi connectivity index (χ1v) is 6.00. The summed E-state index contributed by atoms with van der Waals surface area (Å²) in [5.41, 5.74) is 1.05. The second-order valence-corrected chi connectivity index (χ2v) is 5.17. The van der Waals surface area contributed by atoms with Crippen molar-refractivity contribution in [1.82, 2.24) is 4.90 Å². The van der Waals surface area contributed by atoms with Crippen LogP contribution in [0.15, 0.2) is 6.07 Å². The van der Waals surface area contributed by atoms with Crippen LogP contribution in [0.5, 0.6) is 0 Å². The smallest absolute Gasteiger partial charge is 0.345 e. The predicted molar refractivity (Wildman–Crippen MR) is 62.2 cm³/mol. The van der Waals surface area contributed by atoms with Gasteiger partial charge in [-0.05, 0) is 25.1 Å². The van der Waals surface area contributed by atoms with Gasteiger partial charge in [-0.3, -0.25) is 0 Å². The van der Waals surface area contributed by atoms with Crippen LogP contribution in [-0.2, 0) is 11.2 Å². The molecule has 2 heterocycles. The number of aromatic carboxylic acids is 1. The molecule has 4 nitrogen and oxygen atoms in total. The lowest BCUT2D eigenvalue weighted by atomic mass is 10.1. The number of nitrogens with zero attached hydrogens (tertiary/aromatic N) is 1.